The summed E-state index contributed by atoms with van der Waals surface area (Å²) in [6, 6.07) is 4.31. The third-order valence-electron chi connectivity index (χ3n) is 3.08. The molecule has 108 valence electrons. The summed E-state index contributed by atoms with van der Waals surface area (Å²) in [4.78, 5) is 22.1. The van der Waals surface area contributed by atoms with Crippen molar-refractivity contribution in [3.05, 3.63) is 28.3 Å². The van der Waals surface area contributed by atoms with Gasteiger partial charge in [-0.25, -0.2) is 0 Å². The van der Waals surface area contributed by atoms with Crippen molar-refractivity contribution in [1.29, 1.82) is 0 Å². The minimum absolute atomic E-state index is 0.0789. The first-order chi connectivity index (χ1) is 9.51. The van der Waals surface area contributed by atoms with E-state index in [1.807, 2.05) is 0 Å². The molecule has 0 spiro atoms. The van der Waals surface area contributed by atoms with Gasteiger partial charge in [-0.05, 0) is 25.8 Å². The highest BCUT2D eigenvalue weighted by atomic mass is 16.6. The van der Waals surface area contributed by atoms with E-state index < -0.39 is 11.0 Å². The summed E-state index contributed by atoms with van der Waals surface area (Å²) in [5.41, 5.74) is 0.499. The van der Waals surface area contributed by atoms with Gasteiger partial charge in [0.15, 0.2) is 5.75 Å². The molecule has 0 bridgehead atoms. The number of carbonyl (C=O) groups is 1. The molecule has 1 atom stereocenters. The molecule has 0 saturated heterocycles. The van der Waals surface area contributed by atoms with Crippen LogP contribution in [0.1, 0.15) is 19.8 Å². The molecule has 1 fully saturated rings. The second kappa shape index (κ2) is 5.77. The molecular formula is C13H17N3O4. The highest BCUT2D eigenvalue weighted by Crippen LogP contribution is 2.30. The van der Waals surface area contributed by atoms with Gasteiger partial charge in [0, 0.05) is 23.9 Å². The largest absolute Gasteiger partial charge is 0.490 e. The molecule has 1 unspecified atom stereocenters. The number of rotatable bonds is 6. The Morgan fingerprint density at radius 2 is 2.20 bits per heavy atom. The zero-order valence-corrected chi connectivity index (χ0v) is 11.4. The Labute approximate surface area is 116 Å². The quantitative estimate of drug-likeness (QED) is 0.610. The number of nitro benzene ring substituents is 1. The predicted molar refractivity (Wildman–Crippen MR) is 73.9 cm³/mol. The highest BCUT2D eigenvalue weighted by molar-refractivity contribution is 5.84. The van der Waals surface area contributed by atoms with Crippen molar-refractivity contribution in [3.63, 3.8) is 0 Å². The summed E-state index contributed by atoms with van der Waals surface area (Å²) in [7, 11) is 1.37. The number of nitrogens with zero attached hydrogens (tertiary/aromatic N) is 1. The first kappa shape index (κ1) is 14.1. The topological polar surface area (TPSA) is 93.5 Å². The van der Waals surface area contributed by atoms with Gasteiger partial charge in [0.1, 0.15) is 6.04 Å². The number of hydrogen-bond donors (Lipinski definition) is 2. The van der Waals surface area contributed by atoms with Crippen molar-refractivity contribution < 1.29 is 14.5 Å². The van der Waals surface area contributed by atoms with Crippen molar-refractivity contribution in [2.24, 2.45) is 0 Å². The Hall–Kier alpha value is -2.31. The summed E-state index contributed by atoms with van der Waals surface area (Å²) < 4.78 is 4.98. The number of amides is 1. The Morgan fingerprint density at radius 3 is 2.75 bits per heavy atom. The standard InChI is InChI=1S/C13H17N3O4/c1-8(13(17)15-9-3-4-9)14-10-5-6-11(16(18)19)12(7-10)20-2/h5-9,14H,3-4H2,1-2H3,(H,15,17). The van der Waals surface area contributed by atoms with Gasteiger partial charge in [-0.3, -0.25) is 14.9 Å². The van der Waals surface area contributed by atoms with Crippen molar-refractivity contribution >= 4 is 17.3 Å². The van der Waals surface area contributed by atoms with E-state index in [1.165, 1.54) is 19.2 Å². The summed E-state index contributed by atoms with van der Waals surface area (Å²) in [5.74, 6) is 0.0830. The van der Waals surface area contributed by atoms with Crippen LogP contribution in [0.3, 0.4) is 0 Å². The van der Waals surface area contributed by atoms with Crippen LogP contribution in [0.4, 0.5) is 11.4 Å². The predicted octanol–water partition coefficient (Wildman–Crippen LogP) is 1.68. The van der Waals surface area contributed by atoms with Gasteiger partial charge in [-0.2, -0.15) is 0 Å². The van der Waals surface area contributed by atoms with E-state index in [9.17, 15) is 14.9 Å². The number of methoxy groups -OCH3 is 1. The zero-order valence-electron chi connectivity index (χ0n) is 11.4. The van der Waals surface area contributed by atoms with Crippen LogP contribution in [0.15, 0.2) is 18.2 Å². The van der Waals surface area contributed by atoms with E-state index in [4.69, 9.17) is 4.74 Å². The Morgan fingerprint density at radius 1 is 1.50 bits per heavy atom. The summed E-state index contributed by atoms with van der Waals surface area (Å²) in [6.45, 7) is 1.74. The number of hydrogen-bond acceptors (Lipinski definition) is 5. The van der Waals surface area contributed by atoms with Crippen molar-refractivity contribution in [3.8, 4) is 5.75 Å². The molecule has 2 N–H and O–H groups in total. The second-order valence-electron chi connectivity index (χ2n) is 4.79. The highest BCUT2D eigenvalue weighted by Gasteiger charge is 2.25. The lowest BCUT2D eigenvalue weighted by Crippen LogP contribution is -2.38. The van der Waals surface area contributed by atoms with Gasteiger partial charge in [0.25, 0.3) is 0 Å². The average Bonchev–Trinajstić information content (AvgIpc) is 3.22. The van der Waals surface area contributed by atoms with Crippen LogP contribution in [0.2, 0.25) is 0 Å². The molecule has 0 radical (unpaired) electrons. The van der Waals surface area contributed by atoms with Gasteiger partial charge in [0.2, 0.25) is 5.91 Å². The number of carbonyl (C=O) groups excluding carboxylic acids is 1. The molecule has 1 amide bonds. The van der Waals surface area contributed by atoms with E-state index >= 15 is 0 Å². The molecule has 1 aliphatic rings. The minimum Gasteiger partial charge on any atom is -0.490 e. The fourth-order valence-electron chi connectivity index (χ4n) is 1.79. The Kier molecular flexibility index (Phi) is 4.07. The lowest BCUT2D eigenvalue weighted by molar-refractivity contribution is -0.385. The van der Waals surface area contributed by atoms with E-state index in [0.717, 1.165) is 12.8 Å². The number of benzene rings is 1. The average molecular weight is 279 g/mol. The molecule has 1 saturated carbocycles. The summed E-state index contributed by atoms with van der Waals surface area (Å²) in [5, 5.41) is 16.7. The third-order valence-corrected chi connectivity index (χ3v) is 3.08. The molecule has 0 aliphatic heterocycles. The van der Waals surface area contributed by atoms with Gasteiger partial charge in [0.05, 0.1) is 12.0 Å². The molecule has 0 heterocycles. The maximum atomic E-state index is 11.8. The molecule has 7 nitrogen and oxygen atoms in total. The van der Waals surface area contributed by atoms with Gasteiger partial charge >= 0.3 is 5.69 Å². The first-order valence-corrected chi connectivity index (χ1v) is 6.40. The fraction of sp³-hybridized carbons (Fsp3) is 0.462. The molecule has 0 aromatic heterocycles. The van der Waals surface area contributed by atoms with Crippen LogP contribution in [-0.4, -0.2) is 30.0 Å². The number of anilines is 1. The lowest BCUT2D eigenvalue weighted by atomic mass is 10.2. The van der Waals surface area contributed by atoms with E-state index in [-0.39, 0.29) is 17.3 Å². The smallest absolute Gasteiger partial charge is 0.311 e. The molecule has 1 aliphatic carbocycles. The van der Waals surface area contributed by atoms with Crippen LogP contribution < -0.4 is 15.4 Å². The van der Waals surface area contributed by atoms with Crippen molar-refractivity contribution in [2.45, 2.75) is 31.8 Å². The number of nitro groups is 1. The SMILES string of the molecule is COc1cc(NC(C)C(=O)NC2CC2)ccc1[N+](=O)[O-]. The molecule has 1 aromatic carbocycles. The zero-order chi connectivity index (χ0) is 14.7. The second-order valence-corrected chi connectivity index (χ2v) is 4.79. The summed E-state index contributed by atoms with van der Waals surface area (Å²) in [6.07, 6.45) is 2.06. The normalized spacial score (nSPS) is 15.3. The third kappa shape index (κ3) is 3.37. The van der Waals surface area contributed by atoms with E-state index in [0.29, 0.717) is 11.7 Å². The molecule has 7 heteroatoms. The minimum atomic E-state index is -0.508. The number of nitrogens with one attached hydrogen (secondary N) is 2. The fourth-order valence-corrected chi connectivity index (χ4v) is 1.79. The van der Waals surface area contributed by atoms with Crippen molar-refractivity contribution in [1.82, 2.24) is 5.32 Å². The van der Waals surface area contributed by atoms with Crippen LogP contribution in [0.5, 0.6) is 5.75 Å². The molecule has 20 heavy (non-hydrogen) atoms. The molecule has 2 rings (SSSR count). The molecular weight excluding hydrogens is 262 g/mol. The van der Waals surface area contributed by atoms with Crippen LogP contribution in [-0.2, 0) is 4.79 Å². The summed E-state index contributed by atoms with van der Waals surface area (Å²) >= 11 is 0. The van der Waals surface area contributed by atoms with Gasteiger partial charge in [-0.1, -0.05) is 0 Å². The Bertz CT molecular complexity index is 528. The van der Waals surface area contributed by atoms with E-state index in [1.54, 1.807) is 13.0 Å². The first-order valence-electron chi connectivity index (χ1n) is 6.40. The van der Waals surface area contributed by atoms with Crippen LogP contribution in [0.25, 0.3) is 0 Å². The maximum absolute atomic E-state index is 11.8. The van der Waals surface area contributed by atoms with E-state index in [2.05, 4.69) is 10.6 Å². The van der Waals surface area contributed by atoms with Crippen molar-refractivity contribution in [2.75, 3.05) is 12.4 Å². The van der Waals surface area contributed by atoms with Gasteiger partial charge in [-0.15, -0.1) is 0 Å². The Balaban J connectivity index is 2.04. The maximum Gasteiger partial charge on any atom is 0.311 e. The number of ether oxygens (including phenoxy) is 1. The monoisotopic (exact) mass is 279 g/mol. The van der Waals surface area contributed by atoms with Crippen LogP contribution in [0, 0.1) is 10.1 Å². The van der Waals surface area contributed by atoms with Crippen LogP contribution >= 0.6 is 0 Å². The lowest BCUT2D eigenvalue weighted by Gasteiger charge is -2.15. The van der Waals surface area contributed by atoms with Gasteiger partial charge < -0.3 is 15.4 Å². The molecule has 1 aromatic rings.